The van der Waals surface area contributed by atoms with Crippen LogP contribution in [-0.4, -0.2) is 54.3 Å². The summed E-state index contributed by atoms with van der Waals surface area (Å²) in [6.45, 7) is 10.5. The molecule has 1 fully saturated rings. The van der Waals surface area contributed by atoms with Gasteiger partial charge >= 0.3 is 6.03 Å². The standard InChI is InChI=1S/C18H27N3O2/c1-14(2)8-9-20-10-12-21(13-11-20)18(23)19-17-6-4-16(5-7-17)15(3)22/h4-7,14H,8-13H2,1-3H3,(H,19,23). The molecule has 0 spiro atoms. The summed E-state index contributed by atoms with van der Waals surface area (Å²) in [5.74, 6) is 0.745. The number of nitrogens with one attached hydrogen (secondary N) is 1. The van der Waals surface area contributed by atoms with Crippen molar-refractivity contribution >= 4 is 17.5 Å². The van der Waals surface area contributed by atoms with Crippen LogP contribution in [0.15, 0.2) is 24.3 Å². The molecule has 0 bridgehead atoms. The van der Waals surface area contributed by atoms with Crippen LogP contribution < -0.4 is 5.32 Å². The third kappa shape index (κ3) is 5.36. The molecular weight excluding hydrogens is 290 g/mol. The summed E-state index contributed by atoms with van der Waals surface area (Å²) in [5.41, 5.74) is 1.38. The van der Waals surface area contributed by atoms with Gasteiger partial charge < -0.3 is 10.2 Å². The lowest BCUT2D eigenvalue weighted by Gasteiger charge is -2.35. The summed E-state index contributed by atoms with van der Waals surface area (Å²) >= 11 is 0. The number of anilines is 1. The van der Waals surface area contributed by atoms with Crippen LogP contribution in [0, 0.1) is 5.92 Å². The molecule has 0 aliphatic carbocycles. The van der Waals surface area contributed by atoms with Crippen LogP contribution >= 0.6 is 0 Å². The minimum Gasteiger partial charge on any atom is -0.322 e. The quantitative estimate of drug-likeness (QED) is 0.849. The largest absolute Gasteiger partial charge is 0.322 e. The Bertz CT molecular complexity index is 532. The van der Waals surface area contributed by atoms with E-state index >= 15 is 0 Å². The molecule has 126 valence electrons. The second-order valence-corrected chi connectivity index (χ2v) is 6.57. The number of ketones is 1. The number of urea groups is 1. The molecule has 1 aliphatic heterocycles. The molecular formula is C18H27N3O2. The molecule has 0 aromatic heterocycles. The Morgan fingerprint density at radius 3 is 2.22 bits per heavy atom. The van der Waals surface area contributed by atoms with E-state index < -0.39 is 0 Å². The van der Waals surface area contributed by atoms with Crippen molar-refractivity contribution in [2.75, 3.05) is 38.0 Å². The van der Waals surface area contributed by atoms with Gasteiger partial charge in [0.2, 0.25) is 0 Å². The van der Waals surface area contributed by atoms with Gasteiger partial charge in [-0.1, -0.05) is 13.8 Å². The Balaban J connectivity index is 1.79. The second kappa shape index (κ2) is 8.11. The number of carbonyl (C=O) groups excluding carboxylic acids is 2. The Labute approximate surface area is 138 Å². The van der Waals surface area contributed by atoms with Crippen molar-refractivity contribution in [3.05, 3.63) is 29.8 Å². The number of carbonyl (C=O) groups is 2. The number of nitrogens with zero attached hydrogens (tertiary/aromatic N) is 2. The van der Waals surface area contributed by atoms with Crippen LogP contribution in [0.4, 0.5) is 10.5 Å². The third-order valence-corrected chi connectivity index (χ3v) is 4.22. The fraction of sp³-hybridized carbons (Fsp3) is 0.556. The maximum Gasteiger partial charge on any atom is 0.321 e. The lowest BCUT2D eigenvalue weighted by atomic mass is 10.1. The number of benzene rings is 1. The maximum atomic E-state index is 12.3. The Kier molecular flexibility index (Phi) is 6.16. The molecule has 1 N–H and O–H groups in total. The van der Waals surface area contributed by atoms with Crippen molar-refractivity contribution < 1.29 is 9.59 Å². The fourth-order valence-electron chi connectivity index (χ4n) is 2.61. The smallest absolute Gasteiger partial charge is 0.321 e. The number of amides is 2. The molecule has 2 rings (SSSR count). The summed E-state index contributed by atoms with van der Waals surface area (Å²) in [6.07, 6.45) is 1.20. The molecule has 1 aromatic carbocycles. The van der Waals surface area contributed by atoms with E-state index in [9.17, 15) is 9.59 Å². The van der Waals surface area contributed by atoms with Gasteiger partial charge in [0.15, 0.2) is 5.78 Å². The van der Waals surface area contributed by atoms with Crippen molar-refractivity contribution in [2.45, 2.75) is 27.2 Å². The first-order valence-electron chi connectivity index (χ1n) is 8.35. The molecule has 23 heavy (non-hydrogen) atoms. The van der Waals surface area contributed by atoms with Crippen LogP contribution in [0.3, 0.4) is 0 Å². The summed E-state index contributed by atoms with van der Waals surface area (Å²) in [4.78, 5) is 27.8. The molecule has 5 heteroatoms. The first kappa shape index (κ1) is 17.5. The monoisotopic (exact) mass is 317 g/mol. The Morgan fingerprint density at radius 1 is 1.09 bits per heavy atom. The molecule has 0 atom stereocenters. The summed E-state index contributed by atoms with van der Waals surface area (Å²) in [7, 11) is 0. The SMILES string of the molecule is CC(=O)c1ccc(NC(=O)N2CCN(CCC(C)C)CC2)cc1. The highest BCUT2D eigenvalue weighted by Gasteiger charge is 2.21. The van der Waals surface area contributed by atoms with E-state index in [0.717, 1.165) is 38.4 Å². The lowest BCUT2D eigenvalue weighted by Crippen LogP contribution is -2.50. The number of hydrogen-bond acceptors (Lipinski definition) is 3. The number of Topliss-reactive ketones (excluding diaryl/α,β-unsaturated/α-hetero) is 1. The van der Waals surface area contributed by atoms with Crippen LogP contribution in [0.5, 0.6) is 0 Å². The first-order valence-corrected chi connectivity index (χ1v) is 8.35. The molecule has 0 radical (unpaired) electrons. The van der Waals surface area contributed by atoms with Crippen molar-refractivity contribution in [2.24, 2.45) is 5.92 Å². The Morgan fingerprint density at radius 2 is 1.70 bits per heavy atom. The zero-order valence-corrected chi connectivity index (χ0v) is 14.3. The highest BCUT2D eigenvalue weighted by Crippen LogP contribution is 2.12. The van der Waals surface area contributed by atoms with E-state index in [-0.39, 0.29) is 11.8 Å². The molecule has 0 saturated carbocycles. The Hall–Kier alpha value is -1.88. The van der Waals surface area contributed by atoms with Gasteiger partial charge in [-0.2, -0.15) is 0 Å². The normalized spacial score (nSPS) is 15.7. The molecule has 1 heterocycles. The van der Waals surface area contributed by atoms with Gasteiger partial charge in [-0.25, -0.2) is 4.79 Å². The predicted octanol–water partition coefficient (Wildman–Crippen LogP) is 3.08. The van der Waals surface area contributed by atoms with Gasteiger partial charge in [-0.15, -0.1) is 0 Å². The fourth-order valence-corrected chi connectivity index (χ4v) is 2.61. The highest BCUT2D eigenvalue weighted by atomic mass is 16.2. The number of rotatable bonds is 5. The molecule has 1 aromatic rings. The maximum absolute atomic E-state index is 12.3. The summed E-state index contributed by atoms with van der Waals surface area (Å²) in [6, 6.07) is 6.95. The van der Waals surface area contributed by atoms with E-state index in [1.165, 1.54) is 13.3 Å². The topological polar surface area (TPSA) is 52.7 Å². The van der Waals surface area contributed by atoms with Gasteiger partial charge in [0, 0.05) is 37.4 Å². The predicted molar refractivity (Wildman–Crippen MR) is 92.9 cm³/mol. The zero-order valence-electron chi connectivity index (χ0n) is 14.3. The summed E-state index contributed by atoms with van der Waals surface area (Å²) < 4.78 is 0. The minimum atomic E-state index is -0.0657. The third-order valence-electron chi connectivity index (χ3n) is 4.22. The van der Waals surface area contributed by atoms with Crippen LogP contribution in [0.25, 0.3) is 0 Å². The lowest BCUT2D eigenvalue weighted by molar-refractivity contribution is 0.101. The van der Waals surface area contributed by atoms with Gasteiger partial charge in [0.1, 0.15) is 0 Å². The van der Waals surface area contributed by atoms with Crippen molar-refractivity contribution in [3.63, 3.8) is 0 Å². The van der Waals surface area contributed by atoms with Gasteiger partial charge in [-0.3, -0.25) is 9.69 Å². The van der Waals surface area contributed by atoms with Gasteiger partial charge in [0.25, 0.3) is 0 Å². The molecule has 1 aliphatic rings. The minimum absolute atomic E-state index is 0.0281. The second-order valence-electron chi connectivity index (χ2n) is 6.57. The first-order chi connectivity index (χ1) is 11.0. The van der Waals surface area contributed by atoms with E-state index in [1.54, 1.807) is 24.3 Å². The van der Waals surface area contributed by atoms with E-state index in [4.69, 9.17) is 0 Å². The molecule has 2 amide bonds. The average Bonchev–Trinajstić information content (AvgIpc) is 2.54. The molecule has 5 nitrogen and oxygen atoms in total. The van der Waals surface area contributed by atoms with Crippen molar-refractivity contribution in [1.29, 1.82) is 0 Å². The highest BCUT2D eigenvalue weighted by molar-refractivity contribution is 5.95. The number of hydrogen-bond donors (Lipinski definition) is 1. The van der Waals surface area contributed by atoms with Crippen molar-refractivity contribution in [1.82, 2.24) is 9.80 Å². The van der Waals surface area contributed by atoms with Gasteiger partial charge in [-0.05, 0) is 50.1 Å². The van der Waals surface area contributed by atoms with E-state index in [1.807, 2.05) is 4.90 Å². The molecule has 1 saturated heterocycles. The van der Waals surface area contributed by atoms with Crippen LogP contribution in [0.2, 0.25) is 0 Å². The van der Waals surface area contributed by atoms with Crippen LogP contribution in [-0.2, 0) is 0 Å². The summed E-state index contributed by atoms with van der Waals surface area (Å²) in [5, 5.41) is 2.90. The van der Waals surface area contributed by atoms with Crippen molar-refractivity contribution in [3.8, 4) is 0 Å². The molecule has 0 unspecified atom stereocenters. The van der Waals surface area contributed by atoms with E-state index in [0.29, 0.717) is 11.5 Å². The number of piperazine rings is 1. The average molecular weight is 317 g/mol. The van der Waals surface area contributed by atoms with Crippen LogP contribution in [0.1, 0.15) is 37.6 Å². The van der Waals surface area contributed by atoms with E-state index in [2.05, 4.69) is 24.1 Å². The van der Waals surface area contributed by atoms with Gasteiger partial charge in [0.05, 0.1) is 0 Å². The zero-order chi connectivity index (χ0) is 16.8.